The van der Waals surface area contributed by atoms with E-state index in [1.165, 1.54) is 77.0 Å². The van der Waals surface area contributed by atoms with Crippen LogP contribution in [0.2, 0.25) is 0 Å². The molecule has 0 spiro atoms. The topological polar surface area (TPSA) is 47.9 Å². The summed E-state index contributed by atoms with van der Waals surface area (Å²) >= 11 is 0. The van der Waals surface area contributed by atoms with Crippen LogP contribution in [0.15, 0.2) is 24.3 Å². The summed E-state index contributed by atoms with van der Waals surface area (Å²) < 4.78 is 17.7. The molecule has 0 unspecified atom stereocenters. The maximum atomic E-state index is 10.2. The summed E-state index contributed by atoms with van der Waals surface area (Å²) in [5.41, 5.74) is 0.565. The van der Waals surface area contributed by atoms with Gasteiger partial charge in [-0.25, -0.2) is 0 Å². The number of benzene rings is 1. The fourth-order valence-corrected chi connectivity index (χ4v) is 4.07. The highest BCUT2D eigenvalue weighted by molar-refractivity contribution is 5.34. The molecule has 30 heavy (non-hydrogen) atoms. The summed E-state index contributed by atoms with van der Waals surface area (Å²) in [7, 11) is 0. The van der Waals surface area contributed by atoms with Crippen LogP contribution in [0.4, 0.5) is 0 Å². The standard InChI is InChI=1S/C26H44O4/c1-2-3-4-5-6-7-8-9-10-11-12-13-14-17-21-28-26(29-22-18-23-30-26)24-19-15-16-20-25(24)27/h15-16,19-20,27H,2-14,17-18,21-23H2,1H3. The summed E-state index contributed by atoms with van der Waals surface area (Å²) in [4.78, 5) is 0. The molecule has 0 radical (unpaired) electrons. The van der Waals surface area contributed by atoms with Gasteiger partial charge >= 0.3 is 5.97 Å². The second-order valence-electron chi connectivity index (χ2n) is 8.57. The van der Waals surface area contributed by atoms with E-state index in [0.29, 0.717) is 25.4 Å². The van der Waals surface area contributed by atoms with Gasteiger partial charge in [0, 0.05) is 0 Å². The van der Waals surface area contributed by atoms with Crippen LogP contribution in [0.3, 0.4) is 0 Å². The van der Waals surface area contributed by atoms with Gasteiger partial charge < -0.3 is 19.3 Å². The molecule has 1 aromatic rings. The summed E-state index contributed by atoms with van der Waals surface area (Å²) in [6.45, 7) is 4.01. The van der Waals surface area contributed by atoms with Gasteiger partial charge in [0.05, 0.1) is 25.4 Å². The Morgan fingerprint density at radius 2 is 1.27 bits per heavy atom. The quantitative estimate of drug-likeness (QED) is 0.266. The van der Waals surface area contributed by atoms with Crippen LogP contribution in [0.1, 0.15) is 109 Å². The molecule has 1 aliphatic heterocycles. The van der Waals surface area contributed by atoms with E-state index in [9.17, 15) is 5.11 Å². The number of hydrogen-bond acceptors (Lipinski definition) is 4. The molecule has 0 saturated carbocycles. The van der Waals surface area contributed by atoms with Crippen LogP contribution >= 0.6 is 0 Å². The summed E-state index contributed by atoms with van der Waals surface area (Å²) in [6, 6.07) is 7.12. The van der Waals surface area contributed by atoms with Crippen LogP contribution in [-0.4, -0.2) is 24.9 Å². The molecule has 1 heterocycles. The van der Waals surface area contributed by atoms with Gasteiger partial charge in [-0.3, -0.25) is 0 Å². The van der Waals surface area contributed by atoms with Crippen molar-refractivity contribution in [2.45, 2.75) is 109 Å². The first-order valence-electron chi connectivity index (χ1n) is 12.5. The zero-order valence-corrected chi connectivity index (χ0v) is 19.2. The first kappa shape index (κ1) is 25.2. The molecule has 1 aliphatic rings. The Hall–Kier alpha value is -1.10. The molecule has 4 heteroatoms. The first-order chi connectivity index (χ1) is 14.8. The molecule has 4 nitrogen and oxygen atoms in total. The summed E-state index contributed by atoms with van der Waals surface area (Å²) in [5, 5.41) is 10.2. The van der Waals surface area contributed by atoms with Gasteiger partial charge in [-0.05, 0) is 25.0 Å². The molecular weight excluding hydrogens is 376 g/mol. The van der Waals surface area contributed by atoms with E-state index in [2.05, 4.69) is 6.92 Å². The Morgan fingerprint density at radius 3 is 1.80 bits per heavy atom. The van der Waals surface area contributed by atoms with E-state index in [1.54, 1.807) is 12.1 Å². The van der Waals surface area contributed by atoms with Crippen molar-refractivity contribution in [3.05, 3.63) is 29.8 Å². The van der Waals surface area contributed by atoms with E-state index in [1.807, 2.05) is 12.1 Å². The Morgan fingerprint density at radius 1 is 0.767 bits per heavy atom. The minimum Gasteiger partial charge on any atom is -0.507 e. The molecule has 0 amide bonds. The van der Waals surface area contributed by atoms with Crippen molar-refractivity contribution in [3.63, 3.8) is 0 Å². The normalized spacial score (nSPS) is 16.0. The largest absolute Gasteiger partial charge is 0.507 e. The lowest BCUT2D eigenvalue weighted by molar-refractivity contribution is -0.412. The van der Waals surface area contributed by atoms with Crippen LogP contribution in [0.25, 0.3) is 0 Å². The average molecular weight is 421 g/mol. The predicted octanol–water partition coefficient (Wildman–Crippen LogP) is 7.44. The van der Waals surface area contributed by atoms with Crippen molar-refractivity contribution in [3.8, 4) is 5.75 Å². The zero-order chi connectivity index (χ0) is 21.3. The van der Waals surface area contributed by atoms with Crippen LogP contribution in [0, 0.1) is 0 Å². The van der Waals surface area contributed by atoms with Crippen molar-refractivity contribution < 1.29 is 19.3 Å². The maximum absolute atomic E-state index is 10.2. The van der Waals surface area contributed by atoms with Crippen molar-refractivity contribution in [1.82, 2.24) is 0 Å². The highest BCUT2D eigenvalue weighted by atomic mass is 16.9. The molecule has 1 N–H and O–H groups in total. The minimum atomic E-state index is -1.25. The van der Waals surface area contributed by atoms with Crippen molar-refractivity contribution in [2.75, 3.05) is 19.8 Å². The van der Waals surface area contributed by atoms with E-state index < -0.39 is 5.97 Å². The lowest BCUT2D eigenvalue weighted by Crippen LogP contribution is -2.41. The lowest BCUT2D eigenvalue weighted by atomic mass is 10.0. The number of phenols is 1. The van der Waals surface area contributed by atoms with Gasteiger partial charge in [0.2, 0.25) is 0 Å². The molecule has 1 aromatic carbocycles. The second kappa shape index (κ2) is 15.7. The number of rotatable bonds is 17. The number of para-hydroxylation sites is 1. The maximum Gasteiger partial charge on any atom is 0.315 e. The Balaban J connectivity index is 1.50. The van der Waals surface area contributed by atoms with Crippen LogP contribution in [0.5, 0.6) is 5.75 Å². The number of hydrogen-bond donors (Lipinski definition) is 1. The summed E-state index contributed by atoms with van der Waals surface area (Å²) in [6.07, 6.45) is 19.5. The van der Waals surface area contributed by atoms with Gasteiger partial charge in [-0.1, -0.05) is 103 Å². The molecule has 0 bridgehead atoms. The van der Waals surface area contributed by atoms with Gasteiger partial charge in [-0.15, -0.1) is 0 Å². The van der Waals surface area contributed by atoms with E-state index in [0.717, 1.165) is 19.3 Å². The fraction of sp³-hybridized carbons (Fsp3) is 0.769. The molecule has 1 fully saturated rings. The molecular formula is C26H44O4. The van der Waals surface area contributed by atoms with Crippen molar-refractivity contribution >= 4 is 0 Å². The average Bonchev–Trinajstić information content (AvgIpc) is 2.77. The van der Waals surface area contributed by atoms with Gasteiger partial charge in [0.1, 0.15) is 5.75 Å². The van der Waals surface area contributed by atoms with Crippen LogP contribution < -0.4 is 0 Å². The third-order valence-corrected chi connectivity index (χ3v) is 5.90. The molecule has 0 atom stereocenters. The van der Waals surface area contributed by atoms with Gasteiger partial charge in [0.25, 0.3) is 0 Å². The van der Waals surface area contributed by atoms with Gasteiger partial charge in [0.15, 0.2) is 0 Å². The highest BCUT2D eigenvalue weighted by Crippen LogP contribution is 2.37. The SMILES string of the molecule is CCCCCCCCCCCCCCCCOC1(c2ccccc2O)OCCCO1. The minimum absolute atomic E-state index is 0.153. The van der Waals surface area contributed by atoms with Gasteiger partial charge in [-0.2, -0.15) is 0 Å². The first-order valence-corrected chi connectivity index (χ1v) is 12.5. The molecule has 2 rings (SSSR count). The van der Waals surface area contributed by atoms with E-state index in [4.69, 9.17) is 14.2 Å². The highest BCUT2D eigenvalue weighted by Gasteiger charge is 2.40. The van der Waals surface area contributed by atoms with Crippen LogP contribution in [-0.2, 0) is 20.2 Å². The Bertz CT molecular complexity index is 540. The molecule has 172 valence electrons. The van der Waals surface area contributed by atoms with E-state index >= 15 is 0 Å². The summed E-state index contributed by atoms with van der Waals surface area (Å²) in [5.74, 6) is -1.10. The smallest absolute Gasteiger partial charge is 0.315 e. The Kier molecular flexibility index (Phi) is 13.1. The lowest BCUT2D eigenvalue weighted by Gasteiger charge is -2.36. The Labute approximate surface area is 184 Å². The molecule has 1 saturated heterocycles. The third-order valence-electron chi connectivity index (χ3n) is 5.90. The number of ether oxygens (including phenoxy) is 3. The van der Waals surface area contributed by atoms with E-state index in [-0.39, 0.29) is 5.75 Å². The van der Waals surface area contributed by atoms with Crippen molar-refractivity contribution in [2.24, 2.45) is 0 Å². The third kappa shape index (κ3) is 9.36. The van der Waals surface area contributed by atoms with Crippen molar-refractivity contribution in [1.29, 1.82) is 0 Å². The fourth-order valence-electron chi connectivity index (χ4n) is 4.07. The predicted molar refractivity (Wildman–Crippen MR) is 123 cm³/mol. The second-order valence-corrected chi connectivity index (χ2v) is 8.57. The molecule has 0 aliphatic carbocycles. The zero-order valence-electron chi connectivity index (χ0n) is 19.2. The molecule has 0 aromatic heterocycles. The number of phenolic OH excluding ortho intramolecular Hbond substituents is 1. The number of unbranched alkanes of at least 4 members (excludes halogenated alkanes) is 13. The number of aromatic hydroxyl groups is 1. The monoisotopic (exact) mass is 420 g/mol.